The molecule has 0 unspecified atom stereocenters. The van der Waals surface area contributed by atoms with Crippen molar-refractivity contribution in [3.8, 4) is 5.69 Å². The van der Waals surface area contributed by atoms with E-state index in [2.05, 4.69) is 66.7 Å². The first-order chi connectivity index (χ1) is 9.60. The molecule has 1 aromatic heterocycles. The minimum atomic E-state index is 0.404. The Morgan fingerprint density at radius 1 is 1.00 bits per heavy atom. The maximum absolute atomic E-state index is 6.09. The summed E-state index contributed by atoms with van der Waals surface area (Å²) in [7, 11) is 0. The molecule has 0 spiro atoms. The lowest BCUT2D eigenvalue weighted by molar-refractivity contribution is 0.971. The van der Waals surface area contributed by atoms with Crippen molar-refractivity contribution >= 4 is 22.6 Å². The van der Waals surface area contributed by atoms with Gasteiger partial charge in [-0.25, -0.2) is 4.98 Å². The molecule has 2 nitrogen and oxygen atoms in total. The SMILES string of the molecule is Cc1ccc(-n2c(CCl)nc3ccc(C)cc32)c(C)c1. The van der Waals surface area contributed by atoms with Crippen molar-refractivity contribution < 1.29 is 0 Å². The number of hydrogen-bond acceptors (Lipinski definition) is 1. The van der Waals surface area contributed by atoms with E-state index in [9.17, 15) is 0 Å². The molecule has 102 valence electrons. The predicted molar refractivity (Wildman–Crippen MR) is 84.8 cm³/mol. The molecule has 0 atom stereocenters. The molecule has 3 rings (SSSR count). The summed E-state index contributed by atoms with van der Waals surface area (Å²) in [5.41, 5.74) is 6.99. The number of fused-ring (bicyclic) bond motifs is 1. The van der Waals surface area contributed by atoms with Gasteiger partial charge in [0.25, 0.3) is 0 Å². The molecule has 2 aromatic carbocycles. The lowest BCUT2D eigenvalue weighted by atomic mass is 10.1. The standard InChI is InChI=1S/C17H17ClN2/c1-11-5-7-15(13(3)8-11)20-16-9-12(2)4-6-14(16)19-17(20)10-18/h4-9H,10H2,1-3H3. The van der Waals surface area contributed by atoms with Crippen molar-refractivity contribution in [1.82, 2.24) is 9.55 Å². The molecular weight excluding hydrogens is 268 g/mol. The smallest absolute Gasteiger partial charge is 0.129 e. The Kier molecular flexibility index (Phi) is 3.27. The first-order valence-corrected chi connectivity index (χ1v) is 7.25. The van der Waals surface area contributed by atoms with Gasteiger partial charge in [-0.05, 0) is 50.1 Å². The van der Waals surface area contributed by atoms with Crippen molar-refractivity contribution in [1.29, 1.82) is 0 Å². The van der Waals surface area contributed by atoms with E-state index >= 15 is 0 Å². The highest BCUT2D eigenvalue weighted by molar-refractivity contribution is 6.17. The van der Waals surface area contributed by atoms with Gasteiger partial charge >= 0.3 is 0 Å². The average Bonchev–Trinajstić information content (AvgIpc) is 2.76. The minimum Gasteiger partial charge on any atom is -0.295 e. The molecule has 0 aliphatic rings. The van der Waals surface area contributed by atoms with Crippen LogP contribution in [-0.4, -0.2) is 9.55 Å². The Labute approximate surface area is 124 Å². The van der Waals surface area contributed by atoms with Gasteiger partial charge in [0.15, 0.2) is 0 Å². The Hall–Kier alpha value is -1.80. The van der Waals surface area contributed by atoms with Crippen molar-refractivity contribution in [2.45, 2.75) is 26.7 Å². The third-order valence-corrected chi connectivity index (χ3v) is 3.83. The van der Waals surface area contributed by atoms with Crippen LogP contribution >= 0.6 is 11.6 Å². The Balaban J connectivity index is 2.36. The Morgan fingerprint density at radius 3 is 2.40 bits per heavy atom. The van der Waals surface area contributed by atoms with Crippen LogP contribution < -0.4 is 0 Å². The summed E-state index contributed by atoms with van der Waals surface area (Å²) in [5.74, 6) is 1.29. The molecule has 20 heavy (non-hydrogen) atoms. The van der Waals surface area contributed by atoms with Crippen LogP contribution in [0.5, 0.6) is 0 Å². The lowest BCUT2D eigenvalue weighted by Crippen LogP contribution is -2.01. The topological polar surface area (TPSA) is 17.8 Å². The van der Waals surface area contributed by atoms with Gasteiger partial charge < -0.3 is 0 Å². The second kappa shape index (κ2) is 4.95. The predicted octanol–water partition coefficient (Wildman–Crippen LogP) is 4.69. The van der Waals surface area contributed by atoms with Gasteiger partial charge in [-0.3, -0.25) is 4.57 Å². The van der Waals surface area contributed by atoms with Crippen LogP contribution in [0.2, 0.25) is 0 Å². The van der Waals surface area contributed by atoms with Gasteiger partial charge in [0.1, 0.15) is 5.82 Å². The van der Waals surface area contributed by atoms with Gasteiger partial charge in [-0.2, -0.15) is 0 Å². The molecule has 3 heteroatoms. The molecule has 0 saturated carbocycles. The number of rotatable bonds is 2. The van der Waals surface area contributed by atoms with Gasteiger partial charge in [0.2, 0.25) is 0 Å². The highest BCUT2D eigenvalue weighted by atomic mass is 35.5. The monoisotopic (exact) mass is 284 g/mol. The van der Waals surface area contributed by atoms with Crippen molar-refractivity contribution in [2.75, 3.05) is 0 Å². The van der Waals surface area contributed by atoms with E-state index in [1.54, 1.807) is 0 Å². The normalized spacial score (nSPS) is 11.2. The van der Waals surface area contributed by atoms with Crippen LogP contribution in [0.1, 0.15) is 22.5 Å². The van der Waals surface area contributed by atoms with E-state index in [-0.39, 0.29) is 0 Å². The molecule has 0 fully saturated rings. The number of benzene rings is 2. The number of aromatic nitrogens is 2. The molecule has 0 saturated heterocycles. The van der Waals surface area contributed by atoms with Crippen LogP contribution in [0.4, 0.5) is 0 Å². The number of alkyl halides is 1. The van der Waals surface area contributed by atoms with E-state index in [0.717, 1.165) is 22.5 Å². The first kappa shape index (κ1) is 13.2. The minimum absolute atomic E-state index is 0.404. The zero-order valence-corrected chi connectivity index (χ0v) is 12.7. The van der Waals surface area contributed by atoms with Gasteiger partial charge in [-0.15, -0.1) is 11.6 Å². The summed E-state index contributed by atoms with van der Waals surface area (Å²) < 4.78 is 2.17. The number of hydrogen-bond donors (Lipinski definition) is 0. The molecule has 0 amide bonds. The highest BCUT2D eigenvalue weighted by Gasteiger charge is 2.13. The summed E-state index contributed by atoms with van der Waals surface area (Å²) in [6, 6.07) is 12.8. The summed E-state index contributed by atoms with van der Waals surface area (Å²) in [6.45, 7) is 6.33. The van der Waals surface area contributed by atoms with Crippen molar-refractivity contribution in [2.24, 2.45) is 0 Å². The summed E-state index contributed by atoms with van der Waals surface area (Å²) in [5, 5.41) is 0. The Bertz CT molecular complexity index is 787. The maximum atomic E-state index is 6.09. The van der Waals surface area contributed by atoms with Crippen LogP contribution in [0, 0.1) is 20.8 Å². The Morgan fingerprint density at radius 2 is 1.70 bits per heavy atom. The number of imidazole rings is 1. The molecular formula is C17H17ClN2. The lowest BCUT2D eigenvalue weighted by Gasteiger charge is -2.12. The van der Waals surface area contributed by atoms with Crippen LogP contribution in [0.25, 0.3) is 16.7 Å². The second-order valence-corrected chi connectivity index (χ2v) is 5.55. The molecule has 1 heterocycles. The number of halogens is 1. The van der Waals surface area contributed by atoms with Crippen molar-refractivity contribution in [3.05, 3.63) is 58.9 Å². The van der Waals surface area contributed by atoms with E-state index in [1.807, 2.05) is 0 Å². The van der Waals surface area contributed by atoms with Gasteiger partial charge in [0.05, 0.1) is 22.6 Å². The molecule has 0 bridgehead atoms. The molecule has 0 aliphatic heterocycles. The fourth-order valence-corrected chi connectivity index (χ4v) is 2.83. The largest absolute Gasteiger partial charge is 0.295 e. The van der Waals surface area contributed by atoms with Crippen molar-refractivity contribution in [3.63, 3.8) is 0 Å². The maximum Gasteiger partial charge on any atom is 0.129 e. The van der Waals surface area contributed by atoms with Gasteiger partial charge in [-0.1, -0.05) is 23.8 Å². The van der Waals surface area contributed by atoms with Gasteiger partial charge in [0, 0.05) is 0 Å². The average molecular weight is 285 g/mol. The third-order valence-electron chi connectivity index (χ3n) is 3.59. The number of nitrogens with zero attached hydrogens (tertiary/aromatic N) is 2. The third kappa shape index (κ3) is 2.10. The fraction of sp³-hybridized carbons (Fsp3) is 0.235. The van der Waals surface area contributed by atoms with E-state index in [0.29, 0.717) is 5.88 Å². The van der Waals surface area contributed by atoms with Crippen LogP contribution in [0.3, 0.4) is 0 Å². The van der Waals surface area contributed by atoms with E-state index in [4.69, 9.17) is 11.6 Å². The molecule has 0 aliphatic carbocycles. The fourth-order valence-electron chi connectivity index (χ4n) is 2.65. The number of aryl methyl sites for hydroxylation is 3. The summed E-state index contributed by atoms with van der Waals surface area (Å²) >= 11 is 6.09. The highest BCUT2D eigenvalue weighted by Crippen LogP contribution is 2.26. The molecule has 0 N–H and O–H groups in total. The van der Waals surface area contributed by atoms with E-state index < -0.39 is 0 Å². The van der Waals surface area contributed by atoms with Crippen LogP contribution in [0.15, 0.2) is 36.4 Å². The zero-order valence-electron chi connectivity index (χ0n) is 11.9. The molecule has 3 aromatic rings. The van der Waals surface area contributed by atoms with Crippen LogP contribution in [-0.2, 0) is 5.88 Å². The first-order valence-electron chi connectivity index (χ1n) is 6.71. The quantitative estimate of drug-likeness (QED) is 0.624. The molecule has 0 radical (unpaired) electrons. The summed E-state index contributed by atoms with van der Waals surface area (Å²) in [4.78, 5) is 4.64. The zero-order chi connectivity index (χ0) is 14.3. The van der Waals surface area contributed by atoms with E-state index in [1.165, 1.54) is 16.7 Å². The second-order valence-electron chi connectivity index (χ2n) is 5.28. The summed E-state index contributed by atoms with van der Waals surface area (Å²) in [6.07, 6.45) is 0.